The number of aryl methyl sites for hydroxylation is 2. The number of carbonyl (C=O) groups is 1. The van der Waals surface area contributed by atoms with Crippen molar-refractivity contribution in [1.29, 1.82) is 0 Å². The maximum atomic E-state index is 12.5. The monoisotopic (exact) mass is 391 g/mol. The average Bonchev–Trinajstić information content (AvgIpc) is 3.34. The molecule has 0 radical (unpaired) electrons. The number of para-hydroxylation sites is 1. The molecule has 1 aliphatic heterocycles. The van der Waals surface area contributed by atoms with Crippen LogP contribution in [0, 0.1) is 0 Å². The molecule has 28 heavy (non-hydrogen) atoms. The number of hydrogen-bond acceptors (Lipinski definition) is 4. The van der Waals surface area contributed by atoms with Gasteiger partial charge in [0.05, 0.1) is 21.8 Å². The van der Waals surface area contributed by atoms with Gasteiger partial charge in [0, 0.05) is 11.6 Å². The lowest BCUT2D eigenvalue weighted by Crippen LogP contribution is -2.38. The summed E-state index contributed by atoms with van der Waals surface area (Å²) in [5, 5.41) is 4.34. The number of nitrogens with one attached hydrogen (secondary N) is 1. The van der Waals surface area contributed by atoms with E-state index in [-0.39, 0.29) is 5.91 Å². The fourth-order valence-electron chi connectivity index (χ4n) is 4.46. The highest BCUT2D eigenvalue weighted by atomic mass is 32.1. The normalized spacial score (nSPS) is 17.7. The van der Waals surface area contributed by atoms with E-state index in [0.717, 1.165) is 43.6 Å². The van der Waals surface area contributed by atoms with Crippen LogP contribution >= 0.6 is 11.3 Å². The third-order valence-corrected chi connectivity index (χ3v) is 7.20. The summed E-state index contributed by atoms with van der Waals surface area (Å²) >= 11 is 1.82. The Morgan fingerprint density at radius 2 is 1.93 bits per heavy atom. The van der Waals surface area contributed by atoms with Crippen LogP contribution in [0.1, 0.15) is 41.3 Å². The summed E-state index contributed by atoms with van der Waals surface area (Å²) in [5.74, 6) is 0.616. The molecule has 1 N–H and O–H groups in total. The van der Waals surface area contributed by atoms with Crippen molar-refractivity contribution >= 4 is 33.1 Å². The Morgan fingerprint density at radius 1 is 1.11 bits per heavy atom. The van der Waals surface area contributed by atoms with Gasteiger partial charge in [-0.3, -0.25) is 9.69 Å². The third-order valence-electron chi connectivity index (χ3n) is 6.00. The van der Waals surface area contributed by atoms with Crippen LogP contribution in [0.4, 0.5) is 5.69 Å². The van der Waals surface area contributed by atoms with Crippen LogP contribution in [0.5, 0.6) is 0 Å². The molecule has 1 saturated heterocycles. The summed E-state index contributed by atoms with van der Waals surface area (Å²) in [7, 11) is 0. The molecule has 0 unspecified atom stereocenters. The van der Waals surface area contributed by atoms with Crippen LogP contribution < -0.4 is 5.32 Å². The molecule has 0 atom stereocenters. The summed E-state index contributed by atoms with van der Waals surface area (Å²) in [6, 6.07) is 14.7. The minimum Gasteiger partial charge on any atom is -0.325 e. The van der Waals surface area contributed by atoms with Gasteiger partial charge in [0.2, 0.25) is 5.91 Å². The van der Waals surface area contributed by atoms with Gasteiger partial charge in [0.15, 0.2) is 0 Å². The first-order valence-electron chi connectivity index (χ1n) is 10.2. The minimum atomic E-state index is 0.0939. The van der Waals surface area contributed by atoms with Crippen LogP contribution in [0.25, 0.3) is 10.2 Å². The topological polar surface area (TPSA) is 45.2 Å². The fraction of sp³-hybridized carbons (Fsp3) is 0.391. The van der Waals surface area contributed by atoms with E-state index >= 15 is 0 Å². The fourth-order valence-corrected chi connectivity index (χ4v) is 5.59. The lowest BCUT2D eigenvalue weighted by Gasteiger charge is -2.30. The van der Waals surface area contributed by atoms with Crippen molar-refractivity contribution in [3.05, 3.63) is 58.6 Å². The molecular formula is C23H25N3OS. The van der Waals surface area contributed by atoms with Gasteiger partial charge < -0.3 is 5.32 Å². The van der Waals surface area contributed by atoms with Crippen LogP contribution in [-0.4, -0.2) is 35.4 Å². The first-order valence-corrected chi connectivity index (χ1v) is 11.1. The molecular weight excluding hydrogens is 366 g/mol. The number of anilines is 1. The van der Waals surface area contributed by atoms with Crippen LogP contribution in [-0.2, 0) is 17.6 Å². The Kier molecular flexibility index (Phi) is 4.87. The Hall–Kier alpha value is -2.24. The first-order chi connectivity index (χ1) is 13.7. The van der Waals surface area contributed by atoms with Gasteiger partial charge in [-0.25, -0.2) is 4.98 Å². The molecule has 0 spiro atoms. The van der Waals surface area contributed by atoms with E-state index in [4.69, 9.17) is 4.98 Å². The lowest BCUT2D eigenvalue weighted by molar-refractivity contribution is -0.117. The van der Waals surface area contributed by atoms with E-state index in [1.54, 1.807) is 0 Å². The highest BCUT2D eigenvalue weighted by molar-refractivity contribution is 7.18. The summed E-state index contributed by atoms with van der Waals surface area (Å²) in [6.07, 6.45) is 5.69. The molecule has 1 aromatic heterocycles. The molecule has 4 nitrogen and oxygen atoms in total. The quantitative estimate of drug-likeness (QED) is 0.707. The number of rotatable bonds is 4. The van der Waals surface area contributed by atoms with Gasteiger partial charge in [-0.2, -0.15) is 0 Å². The van der Waals surface area contributed by atoms with Crippen molar-refractivity contribution in [2.45, 2.75) is 38.0 Å². The molecule has 144 valence electrons. The number of aromatic nitrogens is 1. The largest absolute Gasteiger partial charge is 0.325 e. The molecule has 0 saturated carbocycles. The van der Waals surface area contributed by atoms with Gasteiger partial charge in [-0.1, -0.05) is 18.2 Å². The van der Waals surface area contributed by atoms with Crippen molar-refractivity contribution in [1.82, 2.24) is 9.88 Å². The number of benzene rings is 2. The smallest absolute Gasteiger partial charge is 0.238 e. The van der Waals surface area contributed by atoms with E-state index in [1.165, 1.54) is 33.7 Å². The van der Waals surface area contributed by atoms with Crippen molar-refractivity contribution < 1.29 is 4.79 Å². The molecule has 1 fully saturated rings. The lowest BCUT2D eigenvalue weighted by atomic mass is 9.97. The van der Waals surface area contributed by atoms with Gasteiger partial charge in [-0.15, -0.1) is 11.3 Å². The summed E-state index contributed by atoms with van der Waals surface area (Å²) in [6.45, 7) is 2.39. The Labute approximate surface area is 169 Å². The molecule has 1 aliphatic carbocycles. The number of fused-ring (bicyclic) bond motifs is 2. The Balaban J connectivity index is 1.15. The van der Waals surface area contributed by atoms with Crippen LogP contribution in [0.3, 0.4) is 0 Å². The zero-order valence-corrected chi connectivity index (χ0v) is 16.8. The predicted molar refractivity (Wildman–Crippen MR) is 115 cm³/mol. The second-order valence-electron chi connectivity index (χ2n) is 7.96. The van der Waals surface area contributed by atoms with Gasteiger partial charge >= 0.3 is 0 Å². The van der Waals surface area contributed by atoms with E-state index in [1.807, 2.05) is 23.5 Å². The van der Waals surface area contributed by atoms with Crippen molar-refractivity contribution in [2.75, 3.05) is 25.0 Å². The number of carbonyl (C=O) groups excluding carboxylic acids is 1. The third kappa shape index (κ3) is 3.69. The van der Waals surface area contributed by atoms with Gasteiger partial charge in [0.1, 0.15) is 0 Å². The molecule has 2 aromatic carbocycles. The van der Waals surface area contributed by atoms with Crippen LogP contribution in [0.2, 0.25) is 0 Å². The number of hydrogen-bond donors (Lipinski definition) is 1. The average molecular weight is 392 g/mol. The molecule has 0 bridgehead atoms. The summed E-state index contributed by atoms with van der Waals surface area (Å²) < 4.78 is 1.27. The number of piperidine rings is 1. The van der Waals surface area contributed by atoms with E-state index in [2.05, 4.69) is 40.5 Å². The van der Waals surface area contributed by atoms with Crippen LogP contribution in [0.15, 0.2) is 42.5 Å². The first kappa shape index (κ1) is 17.8. The van der Waals surface area contributed by atoms with Gasteiger partial charge in [-0.05, 0) is 80.6 Å². The Bertz CT molecular complexity index is 971. The molecule has 1 amide bonds. The second kappa shape index (κ2) is 7.64. The molecule has 5 heteroatoms. The minimum absolute atomic E-state index is 0.0939. The molecule has 5 rings (SSSR count). The van der Waals surface area contributed by atoms with Gasteiger partial charge in [0.25, 0.3) is 0 Å². The molecule has 2 heterocycles. The SMILES string of the molecule is O=C(CN1CCC(c2nc3ccccc3s2)CC1)Nc1ccc2c(c1)CCC2. The maximum absolute atomic E-state index is 12.5. The molecule has 3 aromatic rings. The number of nitrogens with zero attached hydrogens (tertiary/aromatic N) is 2. The van der Waals surface area contributed by atoms with E-state index in [0.29, 0.717) is 12.5 Å². The second-order valence-corrected chi connectivity index (χ2v) is 9.02. The van der Waals surface area contributed by atoms with Crippen molar-refractivity contribution in [3.8, 4) is 0 Å². The van der Waals surface area contributed by atoms with E-state index < -0.39 is 0 Å². The number of amides is 1. The zero-order valence-electron chi connectivity index (χ0n) is 16.0. The number of likely N-dealkylation sites (tertiary alicyclic amines) is 1. The highest BCUT2D eigenvalue weighted by Crippen LogP contribution is 2.33. The van der Waals surface area contributed by atoms with E-state index in [9.17, 15) is 4.79 Å². The summed E-state index contributed by atoms with van der Waals surface area (Å²) in [5.41, 5.74) is 4.89. The summed E-state index contributed by atoms with van der Waals surface area (Å²) in [4.78, 5) is 19.6. The molecule has 2 aliphatic rings. The highest BCUT2D eigenvalue weighted by Gasteiger charge is 2.24. The maximum Gasteiger partial charge on any atom is 0.238 e. The zero-order chi connectivity index (χ0) is 18.9. The van der Waals surface area contributed by atoms with Crippen molar-refractivity contribution in [2.24, 2.45) is 0 Å². The standard InChI is InChI=1S/C23H25N3OS/c27-22(24-19-9-8-16-4-3-5-18(16)14-19)15-26-12-10-17(11-13-26)23-25-20-6-1-2-7-21(20)28-23/h1-2,6-9,14,17H,3-5,10-13,15H2,(H,24,27). The number of thiazole rings is 1. The Morgan fingerprint density at radius 3 is 2.79 bits per heavy atom. The predicted octanol–water partition coefficient (Wildman–Crippen LogP) is 4.60. The van der Waals surface area contributed by atoms with Crippen molar-refractivity contribution in [3.63, 3.8) is 0 Å².